The van der Waals surface area contributed by atoms with E-state index >= 15 is 0 Å². The summed E-state index contributed by atoms with van der Waals surface area (Å²) in [4.78, 5) is 39.7. The van der Waals surface area contributed by atoms with Crippen molar-refractivity contribution in [2.75, 3.05) is 52.4 Å². The Morgan fingerprint density at radius 1 is 1.34 bits per heavy atom. The lowest BCUT2D eigenvalue weighted by molar-refractivity contribution is -0.147. The molecule has 190 valence electrons. The van der Waals surface area contributed by atoms with Gasteiger partial charge in [0.05, 0.1) is 24.1 Å². The molecule has 1 atom stereocenters. The second kappa shape index (κ2) is 10.6. The quantitative estimate of drug-likeness (QED) is 0.385. The molecule has 0 radical (unpaired) electrons. The van der Waals surface area contributed by atoms with Crippen LogP contribution < -0.4 is 5.32 Å². The number of carboxylic acids is 1. The number of aliphatic imine (C=N–C) groups is 1. The largest absolute Gasteiger partial charge is 0.481 e. The third-order valence-electron chi connectivity index (χ3n) is 6.55. The number of ether oxygens (including phenoxy) is 1. The van der Waals surface area contributed by atoms with Crippen molar-refractivity contribution in [1.82, 2.24) is 25.0 Å². The summed E-state index contributed by atoms with van der Waals surface area (Å²) in [7, 11) is 0. The van der Waals surface area contributed by atoms with Crippen LogP contribution in [0.4, 0.5) is 0 Å². The van der Waals surface area contributed by atoms with Crippen LogP contribution in [0, 0.1) is 5.41 Å². The maximum atomic E-state index is 12.6. The molecule has 4 heterocycles. The van der Waals surface area contributed by atoms with Gasteiger partial charge >= 0.3 is 11.9 Å². The van der Waals surface area contributed by atoms with Gasteiger partial charge in [0.15, 0.2) is 16.0 Å². The molecule has 0 saturated carbocycles. The van der Waals surface area contributed by atoms with Gasteiger partial charge in [0.2, 0.25) is 0 Å². The Morgan fingerprint density at radius 3 is 2.83 bits per heavy atom. The van der Waals surface area contributed by atoms with Crippen molar-refractivity contribution in [3.05, 3.63) is 27.9 Å². The number of hydrogen-bond donors (Lipinski definition) is 2. The predicted molar refractivity (Wildman–Crippen MR) is 137 cm³/mol. The molecule has 0 aliphatic carbocycles. The van der Waals surface area contributed by atoms with Crippen molar-refractivity contribution in [3.63, 3.8) is 0 Å². The van der Waals surface area contributed by atoms with Gasteiger partial charge in [-0.05, 0) is 39.4 Å². The number of thiazole rings is 1. The molecule has 4 rings (SSSR count). The number of esters is 1. The van der Waals surface area contributed by atoms with E-state index in [9.17, 15) is 14.7 Å². The van der Waals surface area contributed by atoms with E-state index in [0.717, 1.165) is 48.4 Å². The van der Waals surface area contributed by atoms with E-state index in [4.69, 9.17) is 17.0 Å². The first-order valence-corrected chi connectivity index (χ1v) is 13.1. The predicted octanol–water partition coefficient (Wildman–Crippen LogP) is 1.40. The number of nitrogens with zero attached hydrogens (tertiary/aromatic N) is 5. The molecule has 1 aromatic rings. The number of carbonyl (C=O) groups is 2. The highest BCUT2D eigenvalue weighted by Crippen LogP contribution is 2.26. The lowest BCUT2D eigenvalue weighted by atomic mass is 9.92. The Morgan fingerprint density at radius 2 is 2.14 bits per heavy atom. The summed E-state index contributed by atoms with van der Waals surface area (Å²) in [5.41, 5.74) is 0.494. The second-order valence-electron chi connectivity index (χ2n) is 9.57. The molecular formula is C23H32N6O4S2. The number of rotatable bonds is 8. The van der Waals surface area contributed by atoms with Gasteiger partial charge in [0.25, 0.3) is 0 Å². The van der Waals surface area contributed by atoms with Crippen molar-refractivity contribution in [1.29, 1.82) is 0 Å². The molecule has 0 bridgehead atoms. The van der Waals surface area contributed by atoms with Gasteiger partial charge in [-0.3, -0.25) is 14.7 Å². The number of aliphatic carboxylic acids is 1. The van der Waals surface area contributed by atoms with E-state index in [1.54, 1.807) is 27.0 Å². The Hall–Kier alpha value is -2.57. The van der Waals surface area contributed by atoms with Gasteiger partial charge in [0, 0.05) is 62.6 Å². The van der Waals surface area contributed by atoms with Gasteiger partial charge in [-0.1, -0.05) is 0 Å². The lowest BCUT2D eigenvalue weighted by Crippen LogP contribution is -2.63. The maximum Gasteiger partial charge on any atom is 0.337 e. The van der Waals surface area contributed by atoms with Crippen molar-refractivity contribution in [2.24, 2.45) is 10.4 Å². The molecule has 12 heteroatoms. The highest BCUT2D eigenvalue weighted by Gasteiger charge is 2.39. The smallest absolute Gasteiger partial charge is 0.337 e. The second-order valence-corrected chi connectivity index (χ2v) is 10.8. The summed E-state index contributed by atoms with van der Waals surface area (Å²) in [5.74, 6) is -0.484. The Bertz CT molecular complexity index is 1040. The fourth-order valence-electron chi connectivity index (χ4n) is 4.57. The van der Waals surface area contributed by atoms with Crippen LogP contribution in [0.2, 0.25) is 0 Å². The van der Waals surface area contributed by atoms with Crippen LogP contribution in [0.5, 0.6) is 0 Å². The van der Waals surface area contributed by atoms with Crippen LogP contribution in [0.1, 0.15) is 32.2 Å². The Kier molecular flexibility index (Phi) is 7.72. The molecule has 2 fully saturated rings. The molecule has 3 aliphatic heterocycles. The summed E-state index contributed by atoms with van der Waals surface area (Å²) in [6.45, 7) is 9.88. The Labute approximate surface area is 214 Å². The highest BCUT2D eigenvalue weighted by molar-refractivity contribution is 7.80. The number of aromatic nitrogens is 1. The third kappa shape index (κ3) is 5.65. The number of nitrogens with one attached hydrogen (secondary N) is 1. The molecule has 35 heavy (non-hydrogen) atoms. The van der Waals surface area contributed by atoms with Crippen molar-refractivity contribution in [2.45, 2.75) is 33.2 Å². The summed E-state index contributed by atoms with van der Waals surface area (Å²) in [6, 6.07) is 0.253. The number of piperazine rings is 1. The zero-order chi connectivity index (χ0) is 25.2. The van der Waals surface area contributed by atoms with Crippen molar-refractivity contribution >= 4 is 46.4 Å². The molecule has 0 amide bonds. The first-order valence-electron chi connectivity index (χ1n) is 11.8. The van der Waals surface area contributed by atoms with Crippen LogP contribution >= 0.6 is 23.6 Å². The van der Waals surface area contributed by atoms with Crippen LogP contribution in [0.3, 0.4) is 0 Å². The third-order valence-corrected chi connectivity index (χ3v) is 7.82. The van der Waals surface area contributed by atoms with E-state index in [-0.39, 0.29) is 18.6 Å². The minimum Gasteiger partial charge on any atom is -0.481 e. The molecule has 0 spiro atoms. The standard InChI is InChI=1S/C23H32N6O4S2/c1-4-33-20(30)16-11-25-18(19-24-6-10-35-19)26-17(16)13-27-8-9-29-15(12-27)5-7-28(22(29)34)14-23(2,3)21(31)32/h6,10,15H,4-5,7-9,11-14H2,1-3H3,(H,25,26)(H,31,32). The Balaban J connectivity index is 1.43. The van der Waals surface area contributed by atoms with Gasteiger partial charge in [-0.15, -0.1) is 11.3 Å². The topological polar surface area (TPSA) is 111 Å². The van der Waals surface area contributed by atoms with Crippen LogP contribution in [-0.4, -0.2) is 106 Å². The zero-order valence-electron chi connectivity index (χ0n) is 20.3. The van der Waals surface area contributed by atoms with Crippen LogP contribution in [0.25, 0.3) is 0 Å². The van der Waals surface area contributed by atoms with Gasteiger partial charge in [-0.2, -0.15) is 0 Å². The highest BCUT2D eigenvalue weighted by atomic mass is 32.1. The minimum atomic E-state index is -0.863. The first kappa shape index (κ1) is 25.5. The summed E-state index contributed by atoms with van der Waals surface area (Å²) >= 11 is 7.26. The summed E-state index contributed by atoms with van der Waals surface area (Å²) < 4.78 is 5.28. The molecule has 1 aromatic heterocycles. The van der Waals surface area contributed by atoms with Gasteiger partial charge < -0.3 is 25.0 Å². The fraction of sp³-hybridized carbons (Fsp3) is 0.609. The fourth-order valence-corrected chi connectivity index (χ4v) is 5.57. The molecule has 1 unspecified atom stereocenters. The molecule has 2 saturated heterocycles. The first-order chi connectivity index (χ1) is 16.7. The normalized spacial score (nSPS) is 21.4. The zero-order valence-corrected chi connectivity index (χ0v) is 22.0. The number of carboxylic acid groups (broad SMARTS) is 1. The average Bonchev–Trinajstić information content (AvgIpc) is 3.36. The monoisotopic (exact) mass is 520 g/mol. The number of carbonyl (C=O) groups excluding carboxylic acids is 1. The van der Waals surface area contributed by atoms with E-state index in [0.29, 0.717) is 31.1 Å². The summed E-state index contributed by atoms with van der Waals surface area (Å²) in [5, 5.41) is 16.3. The number of thiocarbonyl (C=S) groups is 1. The summed E-state index contributed by atoms with van der Waals surface area (Å²) in [6.07, 6.45) is 2.63. The van der Waals surface area contributed by atoms with Crippen LogP contribution in [0.15, 0.2) is 27.8 Å². The van der Waals surface area contributed by atoms with Crippen LogP contribution in [-0.2, 0) is 14.3 Å². The molecule has 10 nitrogen and oxygen atoms in total. The lowest BCUT2D eigenvalue weighted by Gasteiger charge is -2.50. The number of amidine groups is 1. The minimum absolute atomic E-state index is 0.253. The van der Waals surface area contributed by atoms with E-state index < -0.39 is 11.4 Å². The van der Waals surface area contributed by atoms with E-state index in [1.165, 1.54) is 11.3 Å². The SMILES string of the molecule is CCOC(=O)C1=C(CN2CCN3C(=S)N(CC(C)(C)C(=O)O)CCC3C2)NC(c2nccs2)=NC1. The number of hydrogen-bond acceptors (Lipinski definition) is 9. The van der Waals surface area contributed by atoms with E-state index in [1.807, 2.05) is 10.3 Å². The van der Waals surface area contributed by atoms with Crippen molar-refractivity contribution < 1.29 is 19.4 Å². The molecular weight excluding hydrogens is 488 g/mol. The maximum absolute atomic E-state index is 12.6. The van der Waals surface area contributed by atoms with Gasteiger partial charge in [0.1, 0.15) is 0 Å². The molecule has 2 N–H and O–H groups in total. The van der Waals surface area contributed by atoms with Crippen molar-refractivity contribution in [3.8, 4) is 0 Å². The molecule has 3 aliphatic rings. The number of fused-ring (bicyclic) bond motifs is 1. The van der Waals surface area contributed by atoms with E-state index in [2.05, 4.69) is 25.1 Å². The molecule has 0 aromatic carbocycles. The average molecular weight is 521 g/mol. The van der Waals surface area contributed by atoms with Gasteiger partial charge in [-0.25, -0.2) is 9.78 Å².